The van der Waals surface area contributed by atoms with Crippen molar-refractivity contribution in [3.8, 4) is 0 Å². The van der Waals surface area contributed by atoms with Crippen LogP contribution in [0.4, 0.5) is 0 Å². The third-order valence-electron chi connectivity index (χ3n) is 2.82. The molecular formula is C12H19N3O2. The molecule has 0 unspecified atom stereocenters. The van der Waals surface area contributed by atoms with Crippen molar-refractivity contribution in [1.82, 2.24) is 14.9 Å². The van der Waals surface area contributed by atoms with Crippen molar-refractivity contribution in [2.24, 2.45) is 0 Å². The van der Waals surface area contributed by atoms with Gasteiger partial charge in [0.2, 0.25) is 5.91 Å². The van der Waals surface area contributed by atoms with E-state index in [-0.39, 0.29) is 12.0 Å². The van der Waals surface area contributed by atoms with Crippen molar-refractivity contribution < 1.29 is 9.53 Å². The minimum Gasteiger partial charge on any atom is -0.363 e. The van der Waals surface area contributed by atoms with Gasteiger partial charge in [-0.25, -0.2) is 4.98 Å². The van der Waals surface area contributed by atoms with Crippen LogP contribution in [0.25, 0.3) is 0 Å². The number of carbonyl (C=O) groups excluding carboxylic acids is 1. The molecule has 0 bridgehead atoms. The van der Waals surface area contributed by atoms with Crippen molar-refractivity contribution in [3.05, 3.63) is 18.2 Å². The minimum absolute atomic E-state index is 0.0341. The molecule has 1 aromatic heterocycles. The van der Waals surface area contributed by atoms with E-state index in [0.717, 1.165) is 18.7 Å². The zero-order chi connectivity index (χ0) is 12.3. The maximum atomic E-state index is 11.6. The first-order valence-electron chi connectivity index (χ1n) is 6.13. The Hall–Kier alpha value is -1.36. The quantitative estimate of drug-likeness (QED) is 0.840. The molecule has 1 aliphatic rings. The molecule has 0 saturated carbocycles. The minimum atomic E-state index is -0.399. The summed E-state index contributed by atoms with van der Waals surface area (Å²) in [5, 5.41) is 2.84. The summed E-state index contributed by atoms with van der Waals surface area (Å²) in [4.78, 5) is 15.9. The van der Waals surface area contributed by atoms with Crippen LogP contribution in [0.5, 0.6) is 0 Å². The highest BCUT2D eigenvalue weighted by molar-refractivity contribution is 5.81. The van der Waals surface area contributed by atoms with Crippen molar-refractivity contribution in [2.75, 3.05) is 6.54 Å². The lowest BCUT2D eigenvalue weighted by molar-refractivity contribution is -0.143. The lowest BCUT2D eigenvalue weighted by Gasteiger charge is -2.27. The molecule has 94 valence electrons. The second-order valence-electron chi connectivity index (χ2n) is 4.49. The van der Waals surface area contributed by atoms with Crippen LogP contribution in [0, 0.1) is 0 Å². The van der Waals surface area contributed by atoms with Crippen molar-refractivity contribution in [2.45, 2.75) is 45.4 Å². The molecule has 1 amide bonds. The van der Waals surface area contributed by atoms with Crippen LogP contribution in [-0.4, -0.2) is 34.2 Å². The van der Waals surface area contributed by atoms with E-state index in [1.54, 1.807) is 0 Å². The molecular weight excluding hydrogens is 218 g/mol. The molecule has 0 spiro atoms. The van der Waals surface area contributed by atoms with Crippen LogP contribution >= 0.6 is 0 Å². The Bertz CT molecular complexity index is 389. The van der Waals surface area contributed by atoms with Crippen LogP contribution in [0.15, 0.2) is 12.5 Å². The van der Waals surface area contributed by atoms with Gasteiger partial charge in [-0.2, -0.15) is 0 Å². The monoisotopic (exact) mass is 237 g/mol. The second kappa shape index (κ2) is 5.31. The fourth-order valence-electron chi connectivity index (χ4n) is 1.97. The van der Waals surface area contributed by atoms with E-state index in [2.05, 4.69) is 17.2 Å². The van der Waals surface area contributed by atoms with Crippen molar-refractivity contribution in [1.29, 1.82) is 0 Å². The van der Waals surface area contributed by atoms with Gasteiger partial charge in [0.1, 0.15) is 6.10 Å². The predicted molar refractivity (Wildman–Crippen MR) is 63.6 cm³/mol. The number of nitrogens with zero attached hydrogens (tertiary/aromatic N) is 2. The van der Waals surface area contributed by atoms with Gasteiger partial charge in [0.05, 0.1) is 18.1 Å². The van der Waals surface area contributed by atoms with Crippen molar-refractivity contribution in [3.63, 3.8) is 0 Å². The lowest BCUT2D eigenvalue weighted by atomic mass is 10.1. The molecule has 0 aliphatic carbocycles. The maximum Gasteiger partial charge on any atom is 0.249 e. The third-order valence-corrected chi connectivity index (χ3v) is 2.82. The molecule has 17 heavy (non-hydrogen) atoms. The van der Waals surface area contributed by atoms with Gasteiger partial charge in [0.15, 0.2) is 0 Å². The molecule has 5 nitrogen and oxygen atoms in total. The number of carbonyl (C=O) groups is 1. The standard InChI is InChI=1S/C12H19N3O2/c1-3-4-15-7-10(14-8-15)5-11-12(16)13-6-9(2)17-11/h7-9,11H,3-6H2,1-2H3,(H,13,16)/t9-,11+/m1/s1. The normalized spacial score (nSPS) is 24.7. The summed E-state index contributed by atoms with van der Waals surface area (Å²) < 4.78 is 7.65. The summed E-state index contributed by atoms with van der Waals surface area (Å²) >= 11 is 0. The summed E-state index contributed by atoms with van der Waals surface area (Å²) in [5.74, 6) is -0.0341. The Morgan fingerprint density at radius 3 is 3.24 bits per heavy atom. The molecule has 2 atom stereocenters. The Balaban J connectivity index is 1.96. The highest BCUT2D eigenvalue weighted by Gasteiger charge is 2.27. The van der Waals surface area contributed by atoms with Gasteiger partial charge in [-0.15, -0.1) is 0 Å². The van der Waals surface area contributed by atoms with Gasteiger partial charge >= 0.3 is 0 Å². The average molecular weight is 237 g/mol. The zero-order valence-corrected chi connectivity index (χ0v) is 10.3. The molecule has 1 fully saturated rings. The number of nitrogens with one attached hydrogen (secondary N) is 1. The largest absolute Gasteiger partial charge is 0.363 e. The molecule has 1 aliphatic heterocycles. The van der Waals surface area contributed by atoms with Crippen LogP contribution < -0.4 is 5.32 Å². The molecule has 1 saturated heterocycles. The van der Waals surface area contributed by atoms with Gasteiger partial charge in [-0.1, -0.05) is 6.92 Å². The average Bonchev–Trinajstić information content (AvgIpc) is 2.72. The van der Waals surface area contributed by atoms with E-state index in [1.807, 2.05) is 24.0 Å². The van der Waals surface area contributed by atoms with Gasteiger partial charge < -0.3 is 14.6 Å². The Labute approximate surface area is 101 Å². The summed E-state index contributed by atoms with van der Waals surface area (Å²) in [5.41, 5.74) is 0.910. The lowest BCUT2D eigenvalue weighted by Crippen LogP contribution is -2.49. The second-order valence-corrected chi connectivity index (χ2v) is 4.49. The van der Waals surface area contributed by atoms with E-state index < -0.39 is 6.10 Å². The summed E-state index contributed by atoms with van der Waals surface area (Å²) in [6, 6.07) is 0. The Morgan fingerprint density at radius 1 is 1.65 bits per heavy atom. The van der Waals surface area contributed by atoms with Gasteiger partial charge in [-0.05, 0) is 13.3 Å². The Morgan fingerprint density at radius 2 is 2.47 bits per heavy atom. The third kappa shape index (κ3) is 3.06. The van der Waals surface area contributed by atoms with E-state index in [0.29, 0.717) is 13.0 Å². The predicted octanol–water partition coefficient (Wildman–Crippen LogP) is 0.739. The first kappa shape index (κ1) is 12.1. The molecule has 0 radical (unpaired) electrons. The number of aryl methyl sites for hydroxylation is 1. The van der Waals surface area contributed by atoms with Crippen LogP contribution in [0.2, 0.25) is 0 Å². The summed E-state index contributed by atoms with van der Waals surface area (Å²) in [6.45, 7) is 5.64. The van der Waals surface area contributed by atoms with E-state index in [4.69, 9.17) is 4.74 Å². The zero-order valence-electron chi connectivity index (χ0n) is 10.3. The van der Waals surface area contributed by atoms with Gasteiger partial charge in [-0.3, -0.25) is 4.79 Å². The van der Waals surface area contributed by atoms with E-state index >= 15 is 0 Å². The number of hydrogen-bond acceptors (Lipinski definition) is 3. The smallest absolute Gasteiger partial charge is 0.249 e. The number of rotatable bonds is 4. The fraction of sp³-hybridized carbons (Fsp3) is 0.667. The number of morpholine rings is 1. The molecule has 2 heterocycles. The highest BCUT2D eigenvalue weighted by atomic mass is 16.5. The Kier molecular flexibility index (Phi) is 3.78. The van der Waals surface area contributed by atoms with Crippen molar-refractivity contribution >= 4 is 5.91 Å². The number of ether oxygens (including phenoxy) is 1. The summed E-state index contributed by atoms with van der Waals surface area (Å²) in [6.07, 6.45) is 5.10. The van der Waals surface area contributed by atoms with Crippen LogP contribution in [-0.2, 0) is 22.5 Å². The maximum absolute atomic E-state index is 11.6. The molecule has 0 aromatic carbocycles. The number of imidazole rings is 1. The highest BCUT2D eigenvalue weighted by Crippen LogP contribution is 2.10. The fourth-order valence-corrected chi connectivity index (χ4v) is 1.97. The number of amides is 1. The van der Waals surface area contributed by atoms with Gasteiger partial charge in [0, 0.05) is 25.7 Å². The van der Waals surface area contributed by atoms with Gasteiger partial charge in [0.25, 0.3) is 0 Å². The topological polar surface area (TPSA) is 56.1 Å². The first-order chi connectivity index (χ1) is 8.19. The van der Waals surface area contributed by atoms with E-state index in [1.165, 1.54) is 0 Å². The molecule has 5 heteroatoms. The molecule has 1 aromatic rings. The molecule has 2 rings (SSSR count). The molecule has 1 N–H and O–H groups in total. The SMILES string of the molecule is CCCn1cnc(C[C@@H]2O[C@H](C)CNC2=O)c1. The number of aromatic nitrogens is 2. The van der Waals surface area contributed by atoms with Crippen LogP contribution in [0.1, 0.15) is 26.0 Å². The summed E-state index contributed by atoms with van der Waals surface area (Å²) in [7, 11) is 0. The number of hydrogen-bond donors (Lipinski definition) is 1. The van der Waals surface area contributed by atoms with Crippen LogP contribution in [0.3, 0.4) is 0 Å². The van der Waals surface area contributed by atoms with E-state index in [9.17, 15) is 4.79 Å². The first-order valence-corrected chi connectivity index (χ1v) is 6.13.